The minimum atomic E-state index is -0.889. The Bertz CT molecular complexity index is 550. The number of carbonyl (C=O) groups is 2. The Kier molecular flexibility index (Phi) is 4.45. The molecular weight excluding hydrogens is 278 g/mol. The van der Waals surface area contributed by atoms with E-state index in [1.165, 1.54) is 6.08 Å². The van der Waals surface area contributed by atoms with Gasteiger partial charge in [0.15, 0.2) is 0 Å². The zero-order valence-corrected chi connectivity index (χ0v) is 11.7. The van der Waals surface area contributed by atoms with E-state index in [0.29, 0.717) is 17.9 Å². The number of carboxylic acids is 1. The minimum Gasteiger partial charge on any atom is -0.481 e. The van der Waals surface area contributed by atoms with E-state index in [1.54, 1.807) is 12.1 Å². The molecule has 0 bridgehead atoms. The molecule has 20 heavy (non-hydrogen) atoms. The smallest absolute Gasteiger partial charge is 0.305 e. The van der Waals surface area contributed by atoms with Crippen LogP contribution in [0.2, 0.25) is 5.02 Å². The van der Waals surface area contributed by atoms with Crippen molar-refractivity contribution in [2.75, 3.05) is 0 Å². The van der Waals surface area contributed by atoms with Crippen molar-refractivity contribution >= 4 is 29.6 Å². The summed E-state index contributed by atoms with van der Waals surface area (Å²) >= 11 is 5.99. The molecule has 106 valence electrons. The van der Waals surface area contributed by atoms with Crippen LogP contribution in [0.1, 0.15) is 31.2 Å². The highest BCUT2D eigenvalue weighted by Crippen LogP contribution is 2.34. The SMILES string of the molecule is O=C(O)CC1(NC(=O)C=Cc2ccccc2Cl)CCC1. The first kappa shape index (κ1) is 14.6. The Morgan fingerprint density at radius 3 is 2.60 bits per heavy atom. The largest absolute Gasteiger partial charge is 0.481 e. The van der Waals surface area contributed by atoms with Gasteiger partial charge in [-0.2, -0.15) is 0 Å². The van der Waals surface area contributed by atoms with Crippen molar-refractivity contribution in [3.63, 3.8) is 0 Å². The Morgan fingerprint density at radius 2 is 2.05 bits per heavy atom. The van der Waals surface area contributed by atoms with Crippen LogP contribution < -0.4 is 5.32 Å². The lowest BCUT2D eigenvalue weighted by atomic mass is 9.74. The Labute approximate surface area is 122 Å². The van der Waals surface area contributed by atoms with E-state index in [-0.39, 0.29) is 12.3 Å². The van der Waals surface area contributed by atoms with Gasteiger partial charge in [0, 0.05) is 11.1 Å². The summed E-state index contributed by atoms with van der Waals surface area (Å²) in [6, 6.07) is 7.21. The monoisotopic (exact) mass is 293 g/mol. The molecule has 1 saturated carbocycles. The van der Waals surface area contributed by atoms with E-state index in [4.69, 9.17) is 16.7 Å². The lowest BCUT2D eigenvalue weighted by Gasteiger charge is -2.41. The molecule has 1 fully saturated rings. The van der Waals surface area contributed by atoms with Crippen LogP contribution in [0, 0.1) is 0 Å². The summed E-state index contributed by atoms with van der Waals surface area (Å²) in [5.74, 6) is -1.18. The van der Waals surface area contributed by atoms with Crippen LogP contribution >= 0.6 is 11.6 Å². The van der Waals surface area contributed by atoms with E-state index in [2.05, 4.69) is 5.32 Å². The highest BCUT2D eigenvalue weighted by molar-refractivity contribution is 6.32. The molecule has 0 radical (unpaired) electrons. The number of hydrogen-bond donors (Lipinski definition) is 2. The summed E-state index contributed by atoms with van der Waals surface area (Å²) < 4.78 is 0. The first-order chi connectivity index (χ1) is 9.51. The molecule has 1 amide bonds. The molecule has 0 unspecified atom stereocenters. The van der Waals surface area contributed by atoms with Crippen LogP contribution in [0.4, 0.5) is 0 Å². The summed E-state index contributed by atoms with van der Waals surface area (Å²) in [6.07, 6.45) is 5.37. The third-order valence-electron chi connectivity index (χ3n) is 3.51. The number of hydrogen-bond acceptors (Lipinski definition) is 2. The number of benzene rings is 1. The molecular formula is C15H16ClNO3. The van der Waals surface area contributed by atoms with Crippen molar-refractivity contribution in [1.82, 2.24) is 5.32 Å². The van der Waals surface area contributed by atoms with E-state index in [9.17, 15) is 9.59 Å². The van der Waals surface area contributed by atoms with Crippen molar-refractivity contribution < 1.29 is 14.7 Å². The topological polar surface area (TPSA) is 66.4 Å². The van der Waals surface area contributed by atoms with E-state index >= 15 is 0 Å². The molecule has 0 spiro atoms. The molecule has 1 aliphatic carbocycles. The first-order valence-corrected chi connectivity index (χ1v) is 6.85. The third kappa shape index (κ3) is 3.61. The van der Waals surface area contributed by atoms with Gasteiger partial charge in [-0.05, 0) is 37.0 Å². The normalized spacial score (nSPS) is 16.6. The van der Waals surface area contributed by atoms with E-state index in [1.807, 2.05) is 18.2 Å². The zero-order chi connectivity index (χ0) is 14.6. The summed E-state index contributed by atoms with van der Waals surface area (Å²) in [6.45, 7) is 0. The highest BCUT2D eigenvalue weighted by Gasteiger charge is 2.39. The fourth-order valence-electron chi connectivity index (χ4n) is 2.32. The van der Waals surface area contributed by atoms with Crippen LogP contribution in [0.3, 0.4) is 0 Å². The molecule has 0 aliphatic heterocycles. The second kappa shape index (κ2) is 6.09. The number of rotatable bonds is 5. The summed E-state index contributed by atoms with van der Waals surface area (Å²) in [4.78, 5) is 22.7. The van der Waals surface area contributed by atoms with E-state index < -0.39 is 11.5 Å². The van der Waals surface area contributed by atoms with Crippen molar-refractivity contribution in [3.05, 3.63) is 40.9 Å². The highest BCUT2D eigenvalue weighted by atomic mass is 35.5. The second-order valence-corrected chi connectivity index (χ2v) is 5.46. The first-order valence-electron chi connectivity index (χ1n) is 6.47. The molecule has 1 aromatic carbocycles. The number of nitrogens with one attached hydrogen (secondary N) is 1. The van der Waals surface area contributed by atoms with Gasteiger partial charge in [0.2, 0.25) is 5.91 Å². The Hall–Kier alpha value is -1.81. The quantitative estimate of drug-likeness (QED) is 0.820. The van der Waals surface area contributed by atoms with Crippen LogP contribution in [-0.4, -0.2) is 22.5 Å². The van der Waals surface area contributed by atoms with Crippen molar-refractivity contribution in [3.8, 4) is 0 Å². The molecule has 4 nitrogen and oxygen atoms in total. The van der Waals surface area contributed by atoms with Gasteiger partial charge in [-0.3, -0.25) is 9.59 Å². The molecule has 2 N–H and O–H groups in total. The van der Waals surface area contributed by atoms with Gasteiger partial charge < -0.3 is 10.4 Å². The second-order valence-electron chi connectivity index (χ2n) is 5.05. The zero-order valence-electron chi connectivity index (χ0n) is 10.9. The average molecular weight is 294 g/mol. The summed E-state index contributed by atoms with van der Waals surface area (Å²) in [5, 5.41) is 12.3. The number of aliphatic carboxylic acids is 1. The molecule has 1 aliphatic rings. The Balaban J connectivity index is 1.98. The standard InChI is InChI=1S/C15H16ClNO3/c16-12-5-2-1-4-11(12)6-7-13(18)17-15(8-3-9-15)10-14(19)20/h1-2,4-7H,3,8-10H2,(H,17,18)(H,19,20). The lowest BCUT2D eigenvalue weighted by Crippen LogP contribution is -2.54. The van der Waals surface area contributed by atoms with Gasteiger partial charge in [0.1, 0.15) is 0 Å². The molecule has 5 heteroatoms. The molecule has 0 heterocycles. The number of carbonyl (C=O) groups excluding carboxylic acids is 1. The molecule has 0 saturated heterocycles. The van der Waals surface area contributed by atoms with Crippen LogP contribution in [0.25, 0.3) is 6.08 Å². The maximum Gasteiger partial charge on any atom is 0.305 e. The van der Waals surface area contributed by atoms with Gasteiger partial charge in [-0.1, -0.05) is 29.8 Å². The summed E-state index contributed by atoms with van der Waals surface area (Å²) in [7, 11) is 0. The maximum absolute atomic E-state index is 11.9. The van der Waals surface area contributed by atoms with Crippen molar-refractivity contribution in [2.24, 2.45) is 0 Å². The van der Waals surface area contributed by atoms with Crippen LogP contribution in [0.5, 0.6) is 0 Å². The van der Waals surface area contributed by atoms with Gasteiger partial charge >= 0.3 is 5.97 Å². The minimum absolute atomic E-state index is 0.0291. The third-order valence-corrected chi connectivity index (χ3v) is 3.85. The average Bonchev–Trinajstić information content (AvgIpc) is 2.34. The maximum atomic E-state index is 11.9. The predicted octanol–water partition coefficient (Wildman–Crippen LogP) is 2.87. The fourth-order valence-corrected chi connectivity index (χ4v) is 2.52. The predicted molar refractivity (Wildman–Crippen MR) is 77.5 cm³/mol. The molecule has 1 aromatic rings. The lowest BCUT2D eigenvalue weighted by molar-refractivity contribution is -0.140. The Morgan fingerprint density at radius 1 is 1.35 bits per heavy atom. The molecule has 2 rings (SSSR count). The molecule has 0 aromatic heterocycles. The number of halogens is 1. The van der Waals surface area contributed by atoms with Gasteiger partial charge in [-0.15, -0.1) is 0 Å². The van der Waals surface area contributed by atoms with E-state index in [0.717, 1.165) is 12.0 Å². The van der Waals surface area contributed by atoms with Crippen molar-refractivity contribution in [2.45, 2.75) is 31.2 Å². The van der Waals surface area contributed by atoms with Crippen molar-refractivity contribution in [1.29, 1.82) is 0 Å². The number of amides is 1. The fraction of sp³-hybridized carbons (Fsp3) is 0.333. The van der Waals surface area contributed by atoms with Crippen LogP contribution in [0.15, 0.2) is 30.3 Å². The number of carboxylic acid groups (broad SMARTS) is 1. The van der Waals surface area contributed by atoms with Gasteiger partial charge in [-0.25, -0.2) is 0 Å². The van der Waals surface area contributed by atoms with Gasteiger partial charge in [0.25, 0.3) is 0 Å². The van der Waals surface area contributed by atoms with Gasteiger partial charge in [0.05, 0.1) is 12.0 Å². The molecule has 0 atom stereocenters. The van der Waals surface area contributed by atoms with Crippen LogP contribution in [-0.2, 0) is 9.59 Å². The summed E-state index contributed by atoms with van der Waals surface area (Å²) in [5.41, 5.74) is 0.179.